The lowest BCUT2D eigenvalue weighted by Crippen LogP contribution is -2.45. The van der Waals surface area contributed by atoms with Crippen molar-refractivity contribution in [3.8, 4) is 5.75 Å². The molecule has 0 spiro atoms. The smallest absolute Gasteiger partial charge is 0.407 e. The van der Waals surface area contributed by atoms with E-state index in [-0.39, 0.29) is 24.0 Å². The van der Waals surface area contributed by atoms with Gasteiger partial charge < -0.3 is 20.1 Å². The molecule has 0 fully saturated rings. The summed E-state index contributed by atoms with van der Waals surface area (Å²) in [6.07, 6.45) is -0.0117. The average molecular weight is 360 g/mol. The highest BCUT2D eigenvalue weighted by molar-refractivity contribution is 5.68. The summed E-state index contributed by atoms with van der Waals surface area (Å²) in [7, 11) is 1.34. The van der Waals surface area contributed by atoms with Gasteiger partial charge in [-0.3, -0.25) is 9.59 Å². The van der Waals surface area contributed by atoms with Crippen molar-refractivity contribution < 1.29 is 14.3 Å². The SMILES string of the molecule is COc1c(NC[C@H](Cc2ccccc2)NC(=O)OC(C)(C)C)c(=O)c1=O. The summed E-state index contributed by atoms with van der Waals surface area (Å²) in [4.78, 5) is 35.2. The molecule has 2 aromatic carbocycles. The van der Waals surface area contributed by atoms with Gasteiger partial charge in [-0.15, -0.1) is 0 Å². The maximum Gasteiger partial charge on any atom is 0.407 e. The van der Waals surface area contributed by atoms with E-state index in [0.717, 1.165) is 5.56 Å². The Morgan fingerprint density at radius 3 is 2.35 bits per heavy atom. The molecule has 0 bridgehead atoms. The van der Waals surface area contributed by atoms with Gasteiger partial charge in [-0.1, -0.05) is 30.3 Å². The van der Waals surface area contributed by atoms with Crippen LogP contribution in [0.4, 0.5) is 10.5 Å². The number of carbonyl (C=O) groups excluding carboxylic acids is 1. The highest BCUT2D eigenvalue weighted by Crippen LogP contribution is 2.17. The summed E-state index contributed by atoms with van der Waals surface area (Å²) in [6.45, 7) is 5.59. The van der Waals surface area contributed by atoms with Crippen molar-refractivity contribution in [2.45, 2.75) is 38.8 Å². The fourth-order valence-corrected chi connectivity index (χ4v) is 2.50. The maximum atomic E-state index is 12.1. The van der Waals surface area contributed by atoms with Gasteiger partial charge in [-0.25, -0.2) is 4.79 Å². The molecule has 0 aliphatic heterocycles. The molecule has 0 saturated carbocycles. The van der Waals surface area contributed by atoms with Crippen molar-refractivity contribution in [2.75, 3.05) is 19.0 Å². The van der Waals surface area contributed by atoms with Crippen LogP contribution in [0.2, 0.25) is 0 Å². The Hall–Kier alpha value is -2.83. The van der Waals surface area contributed by atoms with Crippen molar-refractivity contribution in [3.05, 3.63) is 56.3 Å². The Bertz CT molecular complexity index is 817. The number of carbonyl (C=O) groups is 1. The molecule has 2 N–H and O–H groups in total. The molecule has 0 radical (unpaired) electrons. The van der Waals surface area contributed by atoms with Crippen LogP contribution < -0.4 is 26.2 Å². The first kappa shape index (κ1) is 19.5. The van der Waals surface area contributed by atoms with Gasteiger partial charge in [0.1, 0.15) is 11.3 Å². The molecular formula is C19H24N2O5. The Balaban J connectivity index is 2.07. The third-order valence-corrected chi connectivity index (χ3v) is 3.64. The first-order chi connectivity index (χ1) is 12.2. The number of alkyl carbamates (subject to hydrolysis) is 1. The van der Waals surface area contributed by atoms with E-state index in [9.17, 15) is 14.4 Å². The molecule has 1 atom stereocenters. The average Bonchev–Trinajstić information content (AvgIpc) is 2.56. The Morgan fingerprint density at radius 2 is 1.77 bits per heavy atom. The number of ether oxygens (including phenoxy) is 2. The van der Waals surface area contributed by atoms with Gasteiger partial charge in [0.05, 0.1) is 13.2 Å². The van der Waals surface area contributed by atoms with Gasteiger partial charge in [-0.05, 0) is 32.8 Å². The molecule has 0 aliphatic carbocycles. The monoisotopic (exact) mass is 360 g/mol. The predicted octanol–water partition coefficient (Wildman–Crippen LogP) is 1.84. The number of benzene rings is 1. The second kappa shape index (κ2) is 8.03. The lowest BCUT2D eigenvalue weighted by molar-refractivity contribution is 0.0507. The van der Waals surface area contributed by atoms with Gasteiger partial charge >= 0.3 is 6.09 Å². The summed E-state index contributed by atoms with van der Waals surface area (Å²) in [6, 6.07) is 9.27. The van der Waals surface area contributed by atoms with E-state index < -0.39 is 22.6 Å². The molecule has 2 rings (SSSR count). The van der Waals surface area contributed by atoms with Crippen molar-refractivity contribution >= 4 is 11.8 Å². The fourth-order valence-electron chi connectivity index (χ4n) is 2.50. The van der Waals surface area contributed by atoms with Gasteiger partial charge in [-0.2, -0.15) is 0 Å². The first-order valence-corrected chi connectivity index (χ1v) is 8.36. The molecule has 7 heteroatoms. The normalized spacial score (nSPS) is 12.5. The topological polar surface area (TPSA) is 93.7 Å². The molecular weight excluding hydrogens is 336 g/mol. The van der Waals surface area contributed by atoms with Crippen LogP contribution in [0.25, 0.3) is 0 Å². The van der Waals surface area contributed by atoms with Crippen LogP contribution in [0.15, 0.2) is 39.9 Å². The molecule has 0 aliphatic rings. The number of nitrogens with one attached hydrogen (secondary N) is 2. The molecule has 0 heterocycles. The summed E-state index contributed by atoms with van der Waals surface area (Å²) in [5.74, 6) is 0.0192. The number of hydrogen-bond acceptors (Lipinski definition) is 6. The van der Waals surface area contributed by atoms with Gasteiger partial charge in [0.25, 0.3) is 10.9 Å². The van der Waals surface area contributed by atoms with E-state index in [1.165, 1.54) is 7.11 Å². The van der Waals surface area contributed by atoms with E-state index >= 15 is 0 Å². The predicted molar refractivity (Wildman–Crippen MR) is 99.7 cm³/mol. The third kappa shape index (κ3) is 5.08. The molecule has 1 amide bonds. The lowest BCUT2D eigenvalue weighted by Gasteiger charge is -2.24. The van der Waals surface area contributed by atoms with Crippen molar-refractivity contribution in [1.29, 1.82) is 0 Å². The number of anilines is 1. The van der Waals surface area contributed by atoms with E-state index in [4.69, 9.17) is 9.47 Å². The minimum absolute atomic E-state index is 0.0192. The summed E-state index contributed by atoms with van der Waals surface area (Å²) in [5.41, 5.74) is -0.710. The van der Waals surface area contributed by atoms with E-state index in [1.807, 2.05) is 30.3 Å². The van der Waals surface area contributed by atoms with Crippen LogP contribution in [-0.4, -0.2) is 31.4 Å². The summed E-state index contributed by atoms with van der Waals surface area (Å²) < 4.78 is 10.2. The minimum atomic E-state index is -0.644. The lowest BCUT2D eigenvalue weighted by atomic mass is 10.1. The molecule has 140 valence electrons. The van der Waals surface area contributed by atoms with Crippen LogP contribution in [-0.2, 0) is 11.2 Å². The van der Waals surface area contributed by atoms with Crippen LogP contribution in [0.1, 0.15) is 26.3 Å². The number of methoxy groups -OCH3 is 1. The molecule has 0 unspecified atom stereocenters. The largest absolute Gasteiger partial charge is 0.491 e. The Labute approximate surface area is 152 Å². The zero-order chi connectivity index (χ0) is 19.3. The number of amides is 1. The Kier molecular flexibility index (Phi) is 6.02. The molecule has 0 aromatic heterocycles. The van der Waals surface area contributed by atoms with E-state index in [2.05, 4.69) is 10.6 Å². The second-order valence-electron chi connectivity index (χ2n) is 6.98. The number of hydrogen-bond donors (Lipinski definition) is 2. The standard InChI is InChI=1S/C19H24N2O5/c1-19(2,3)26-18(24)21-13(10-12-8-6-5-7-9-12)11-20-14-15(22)16(23)17(14)25-4/h5-9,13,20H,10-11H2,1-4H3,(H,21,24)/t13-/m0/s1. The molecule has 0 saturated heterocycles. The number of rotatable bonds is 7. The summed E-state index contributed by atoms with van der Waals surface area (Å²) in [5, 5.41) is 5.70. The summed E-state index contributed by atoms with van der Waals surface area (Å²) >= 11 is 0. The van der Waals surface area contributed by atoms with Crippen molar-refractivity contribution in [3.63, 3.8) is 0 Å². The van der Waals surface area contributed by atoms with Crippen molar-refractivity contribution in [1.82, 2.24) is 5.32 Å². The molecule has 26 heavy (non-hydrogen) atoms. The highest BCUT2D eigenvalue weighted by Gasteiger charge is 2.24. The van der Waals surface area contributed by atoms with Crippen LogP contribution in [0.5, 0.6) is 5.75 Å². The second-order valence-corrected chi connectivity index (χ2v) is 6.98. The zero-order valence-corrected chi connectivity index (χ0v) is 15.4. The minimum Gasteiger partial charge on any atom is -0.491 e. The maximum absolute atomic E-state index is 12.1. The van der Waals surface area contributed by atoms with Gasteiger partial charge in [0.2, 0.25) is 0 Å². The quantitative estimate of drug-likeness (QED) is 0.732. The highest BCUT2D eigenvalue weighted by atomic mass is 16.6. The molecule has 7 nitrogen and oxygen atoms in total. The van der Waals surface area contributed by atoms with Crippen molar-refractivity contribution in [2.24, 2.45) is 0 Å². The van der Waals surface area contributed by atoms with Gasteiger partial charge in [0.15, 0.2) is 5.75 Å². The van der Waals surface area contributed by atoms with Gasteiger partial charge in [0, 0.05) is 6.54 Å². The first-order valence-electron chi connectivity index (χ1n) is 8.36. The van der Waals surface area contributed by atoms with Crippen LogP contribution in [0, 0.1) is 0 Å². The van der Waals surface area contributed by atoms with Crippen LogP contribution >= 0.6 is 0 Å². The Morgan fingerprint density at radius 1 is 1.12 bits per heavy atom. The van der Waals surface area contributed by atoms with E-state index in [0.29, 0.717) is 6.42 Å². The van der Waals surface area contributed by atoms with E-state index in [1.54, 1.807) is 20.8 Å². The van der Waals surface area contributed by atoms with Crippen LogP contribution in [0.3, 0.4) is 0 Å². The molecule has 2 aromatic rings. The zero-order valence-electron chi connectivity index (χ0n) is 15.4. The fraction of sp³-hybridized carbons (Fsp3) is 0.421. The third-order valence-electron chi connectivity index (χ3n) is 3.64.